The molecule has 0 aliphatic rings. The lowest BCUT2D eigenvalue weighted by Crippen LogP contribution is -2.34. The van der Waals surface area contributed by atoms with Gasteiger partial charge in [-0.2, -0.15) is 5.10 Å². The average molecular weight is 350 g/mol. The van der Waals surface area contributed by atoms with Crippen LogP contribution in [-0.2, 0) is 31.1 Å². The fourth-order valence-electron chi connectivity index (χ4n) is 2.29. The Morgan fingerprint density at radius 2 is 2.05 bits per heavy atom. The molecule has 2 aromatic rings. The van der Waals surface area contributed by atoms with E-state index in [4.69, 9.17) is 5.73 Å². The van der Waals surface area contributed by atoms with Gasteiger partial charge in [0.05, 0.1) is 28.3 Å². The van der Waals surface area contributed by atoms with Crippen LogP contribution in [0.2, 0.25) is 0 Å². The van der Waals surface area contributed by atoms with Crippen molar-refractivity contribution in [1.29, 1.82) is 0 Å². The standard InChI is InChI=1S/C16H20BrN3O/c1-3-13-16(17)14(20(2)19-13)10-15(21)12(18)9-11-7-5-4-6-8-11/h4-8,12H,3,9-10,18H2,1-2H3. The zero-order chi connectivity index (χ0) is 15.4. The van der Waals surface area contributed by atoms with Gasteiger partial charge in [-0.25, -0.2) is 0 Å². The van der Waals surface area contributed by atoms with Crippen LogP contribution in [-0.4, -0.2) is 21.6 Å². The molecule has 21 heavy (non-hydrogen) atoms. The fraction of sp³-hybridized carbons (Fsp3) is 0.375. The normalized spacial score (nSPS) is 12.4. The highest BCUT2D eigenvalue weighted by Crippen LogP contribution is 2.22. The molecule has 0 saturated carbocycles. The largest absolute Gasteiger partial charge is 0.321 e. The van der Waals surface area contributed by atoms with Crippen LogP contribution in [0.3, 0.4) is 0 Å². The van der Waals surface area contributed by atoms with Crippen LogP contribution < -0.4 is 5.73 Å². The molecule has 1 aromatic heterocycles. The van der Waals surface area contributed by atoms with E-state index < -0.39 is 6.04 Å². The third-order valence-corrected chi connectivity index (χ3v) is 4.47. The number of nitrogens with zero attached hydrogens (tertiary/aromatic N) is 2. The molecule has 5 heteroatoms. The highest BCUT2D eigenvalue weighted by atomic mass is 79.9. The molecule has 1 atom stereocenters. The fourth-order valence-corrected chi connectivity index (χ4v) is 3.05. The van der Waals surface area contributed by atoms with E-state index in [0.717, 1.165) is 27.8 Å². The lowest BCUT2D eigenvalue weighted by Gasteiger charge is -2.11. The molecule has 2 rings (SSSR count). The summed E-state index contributed by atoms with van der Waals surface area (Å²) in [5.74, 6) is 0.0326. The van der Waals surface area contributed by atoms with Crippen LogP contribution in [0.1, 0.15) is 23.9 Å². The Balaban J connectivity index is 2.06. The average Bonchev–Trinajstić information content (AvgIpc) is 2.75. The second-order valence-corrected chi connectivity index (χ2v) is 5.92. The van der Waals surface area contributed by atoms with Crippen molar-refractivity contribution < 1.29 is 4.79 Å². The van der Waals surface area contributed by atoms with Gasteiger partial charge in [-0.3, -0.25) is 9.48 Å². The maximum atomic E-state index is 12.3. The van der Waals surface area contributed by atoms with E-state index in [2.05, 4.69) is 21.0 Å². The molecule has 1 heterocycles. The molecule has 2 N–H and O–H groups in total. The van der Waals surface area contributed by atoms with Crippen molar-refractivity contribution in [2.75, 3.05) is 0 Å². The van der Waals surface area contributed by atoms with Crippen molar-refractivity contribution in [3.05, 3.63) is 51.8 Å². The minimum absolute atomic E-state index is 0.0326. The second kappa shape index (κ2) is 7.00. The summed E-state index contributed by atoms with van der Waals surface area (Å²) in [5.41, 5.74) is 8.98. The Morgan fingerprint density at radius 1 is 1.38 bits per heavy atom. The number of aryl methyl sites for hydroxylation is 2. The highest BCUT2D eigenvalue weighted by molar-refractivity contribution is 9.10. The molecule has 0 radical (unpaired) electrons. The van der Waals surface area contributed by atoms with Crippen molar-refractivity contribution in [3.63, 3.8) is 0 Å². The molecule has 0 bridgehead atoms. The molecule has 0 spiro atoms. The van der Waals surface area contributed by atoms with Crippen LogP contribution in [0.15, 0.2) is 34.8 Å². The molecule has 112 valence electrons. The third-order valence-electron chi connectivity index (χ3n) is 3.56. The number of benzene rings is 1. The molecule has 0 amide bonds. The van der Waals surface area contributed by atoms with Gasteiger partial charge in [0.15, 0.2) is 5.78 Å². The quantitative estimate of drug-likeness (QED) is 0.871. The molecule has 1 aromatic carbocycles. The SMILES string of the molecule is CCc1nn(C)c(CC(=O)C(N)Cc2ccccc2)c1Br. The zero-order valence-corrected chi connectivity index (χ0v) is 13.9. The highest BCUT2D eigenvalue weighted by Gasteiger charge is 2.20. The Morgan fingerprint density at radius 3 is 2.62 bits per heavy atom. The number of hydrogen-bond donors (Lipinski definition) is 1. The van der Waals surface area contributed by atoms with Gasteiger partial charge in [0, 0.05) is 7.05 Å². The summed E-state index contributed by atoms with van der Waals surface area (Å²) >= 11 is 3.53. The van der Waals surface area contributed by atoms with Crippen LogP contribution in [0.5, 0.6) is 0 Å². The number of hydrogen-bond acceptors (Lipinski definition) is 3. The van der Waals surface area contributed by atoms with E-state index in [1.54, 1.807) is 4.68 Å². The summed E-state index contributed by atoms with van der Waals surface area (Å²) in [6, 6.07) is 9.36. The number of Topliss-reactive ketones (excluding diaryl/α,β-unsaturated/α-hetero) is 1. The first-order valence-electron chi connectivity index (χ1n) is 7.05. The van der Waals surface area contributed by atoms with Gasteiger partial charge in [-0.1, -0.05) is 37.3 Å². The van der Waals surface area contributed by atoms with E-state index in [-0.39, 0.29) is 5.78 Å². The van der Waals surface area contributed by atoms with Crippen molar-refractivity contribution in [2.45, 2.75) is 32.2 Å². The van der Waals surface area contributed by atoms with Crippen molar-refractivity contribution in [2.24, 2.45) is 12.8 Å². The smallest absolute Gasteiger partial charge is 0.155 e. The first-order valence-corrected chi connectivity index (χ1v) is 7.84. The maximum absolute atomic E-state index is 12.3. The molecule has 0 aliphatic carbocycles. The first-order chi connectivity index (χ1) is 10.0. The topological polar surface area (TPSA) is 60.9 Å². The van der Waals surface area contributed by atoms with Gasteiger partial charge in [-0.15, -0.1) is 0 Å². The Hall–Kier alpha value is -1.46. The molecular weight excluding hydrogens is 330 g/mol. The summed E-state index contributed by atoms with van der Waals surface area (Å²) in [4.78, 5) is 12.3. The molecule has 0 aliphatic heterocycles. The number of carbonyl (C=O) groups excluding carboxylic acids is 1. The van der Waals surface area contributed by atoms with E-state index >= 15 is 0 Å². The summed E-state index contributed by atoms with van der Waals surface area (Å²) in [7, 11) is 1.86. The number of carbonyl (C=O) groups is 1. The number of nitrogens with two attached hydrogens (primary N) is 1. The van der Waals surface area contributed by atoms with Crippen LogP contribution in [0.25, 0.3) is 0 Å². The van der Waals surface area contributed by atoms with Crippen molar-refractivity contribution in [1.82, 2.24) is 9.78 Å². The summed E-state index contributed by atoms with van der Waals surface area (Å²) < 4.78 is 2.68. The Labute approximate surface area is 133 Å². The van der Waals surface area contributed by atoms with Crippen LogP contribution in [0, 0.1) is 0 Å². The van der Waals surface area contributed by atoms with Crippen molar-refractivity contribution >= 4 is 21.7 Å². The summed E-state index contributed by atoms with van der Waals surface area (Å²) in [5, 5.41) is 4.40. The maximum Gasteiger partial charge on any atom is 0.155 e. The molecule has 1 unspecified atom stereocenters. The monoisotopic (exact) mass is 349 g/mol. The van der Waals surface area contributed by atoms with Gasteiger partial charge in [-0.05, 0) is 34.3 Å². The summed E-state index contributed by atoms with van der Waals surface area (Å²) in [6.07, 6.45) is 1.70. The molecule has 0 saturated heterocycles. The van der Waals surface area contributed by atoms with Gasteiger partial charge < -0.3 is 5.73 Å². The summed E-state index contributed by atoms with van der Waals surface area (Å²) in [6.45, 7) is 2.04. The number of halogens is 1. The Bertz CT molecular complexity index is 622. The number of ketones is 1. The van der Waals surface area contributed by atoms with E-state index in [1.807, 2.05) is 44.3 Å². The predicted molar refractivity (Wildman–Crippen MR) is 87.1 cm³/mol. The minimum Gasteiger partial charge on any atom is -0.321 e. The Kier molecular flexibility index (Phi) is 5.31. The van der Waals surface area contributed by atoms with E-state index in [1.165, 1.54) is 0 Å². The van der Waals surface area contributed by atoms with Gasteiger partial charge >= 0.3 is 0 Å². The lowest BCUT2D eigenvalue weighted by atomic mass is 10.0. The zero-order valence-electron chi connectivity index (χ0n) is 12.3. The molecule has 4 nitrogen and oxygen atoms in total. The predicted octanol–water partition coefficient (Wildman–Crippen LogP) is 2.43. The van der Waals surface area contributed by atoms with Crippen LogP contribution in [0.4, 0.5) is 0 Å². The molecule has 0 fully saturated rings. The minimum atomic E-state index is -0.487. The number of rotatable bonds is 6. The van der Waals surface area contributed by atoms with E-state index in [0.29, 0.717) is 12.8 Å². The third kappa shape index (κ3) is 3.80. The first kappa shape index (κ1) is 15.9. The van der Waals surface area contributed by atoms with Crippen molar-refractivity contribution in [3.8, 4) is 0 Å². The lowest BCUT2D eigenvalue weighted by molar-refractivity contribution is -0.119. The van der Waals surface area contributed by atoms with Gasteiger partial charge in [0.1, 0.15) is 0 Å². The second-order valence-electron chi connectivity index (χ2n) is 5.12. The van der Waals surface area contributed by atoms with Crippen LogP contribution >= 0.6 is 15.9 Å². The van der Waals surface area contributed by atoms with Gasteiger partial charge in [0.25, 0.3) is 0 Å². The van der Waals surface area contributed by atoms with Gasteiger partial charge in [0.2, 0.25) is 0 Å². The molecular formula is C16H20BrN3O. The number of aromatic nitrogens is 2. The van der Waals surface area contributed by atoms with E-state index in [9.17, 15) is 4.79 Å².